The zero-order valence-electron chi connectivity index (χ0n) is 14.1. The van der Waals surface area contributed by atoms with Gasteiger partial charge in [-0.25, -0.2) is 4.68 Å². The van der Waals surface area contributed by atoms with Crippen molar-refractivity contribution in [1.82, 2.24) is 9.78 Å². The first kappa shape index (κ1) is 17.8. The zero-order chi connectivity index (χ0) is 18.8. The van der Waals surface area contributed by atoms with Gasteiger partial charge in [-0.15, -0.1) is 0 Å². The number of benzene rings is 2. The van der Waals surface area contributed by atoms with Gasteiger partial charge < -0.3 is 0 Å². The molecule has 0 amide bonds. The minimum atomic E-state index is -0.479. The summed E-state index contributed by atoms with van der Waals surface area (Å²) in [6.45, 7) is 3.57. The van der Waals surface area contributed by atoms with Crippen LogP contribution in [0, 0.1) is 17.0 Å². The van der Waals surface area contributed by atoms with Crippen molar-refractivity contribution in [3.8, 4) is 5.69 Å². The van der Waals surface area contributed by atoms with E-state index in [0.717, 1.165) is 10.2 Å². The number of hydrogen-bond donors (Lipinski definition) is 1. The molecule has 132 valence electrons. The molecular weight excluding hydrogens is 400 g/mol. The Morgan fingerprint density at radius 2 is 1.92 bits per heavy atom. The lowest BCUT2D eigenvalue weighted by Crippen LogP contribution is -2.19. The number of H-pyrrole nitrogens is 1. The van der Waals surface area contributed by atoms with Crippen molar-refractivity contribution < 1.29 is 4.92 Å². The Labute approximate surface area is 157 Å². The number of aromatic amines is 1. The molecule has 26 heavy (non-hydrogen) atoms. The molecule has 7 nitrogen and oxygen atoms in total. The molecule has 0 saturated heterocycles. The second kappa shape index (κ2) is 7.09. The van der Waals surface area contributed by atoms with Crippen LogP contribution < -0.4 is 5.56 Å². The highest BCUT2D eigenvalue weighted by Gasteiger charge is 2.16. The Morgan fingerprint density at radius 3 is 2.54 bits per heavy atom. The van der Waals surface area contributed by atoms with Gasteiger partial charge in [0.05, 0.1) is 27.6 Å². The van der Waals surface area contributed by atoms with Gasteiger partial charge in [-0.2, -0.15) is 0 Å². The van der Waals surface area contributed by atoms with Crippen LogP contribution >= 0.6 is 15.9 Å². The Balaban J connectivity index is 2.03. The molecule has 3 rings (SSSR count). The number of nitro benzene ring substituents is 1. The number of non-ortho nitro benzene ring substituents is 1. The molecule has 0 radical (unpaired) electrons. The van der Waals surface area contributed by atoms with E-state index in [1.54, 1.807) is 13.8 Å². The standard InChI is InChI=1S/C18H15BrN4O3/c1-11(20-14-5-3-4-13(19)10-14)17-12(2)21-22(18(17)24)15-6-8-16(9-7-15)23(25)26/h3-10,21H,1-2H3. The normalized spacial score (nSPS) is 11.6. The zero-order valence-corrected chi connectivity index (χ0v) is 15.6. The molecular formula is C18H15BrN4O3. The molecule has 0 aliphatic rings. The number of nitrogens with zero attached hydrogens (tertiary/aromatic N) is 3. The number of nitro groups is 1. The summed E-state index contributed by atoms with van der Waals surface area (Å²) in [6.07, 6.45) is 0. The molecule has 1 N–H and O–H groups in total. The first-order chi connectivity index (χ1) is 12.4. The SMILES string of the molecule is CC(=Nc1cccc(Br)c1)c1c(C)[nH]n(-c2ccc([N+](=O)[O-])cc2)c1=O. The van der Waals surface area contributed by atoms with E-state index in [9.17, 15) is 14.9 Å². The van der Waals surface area contributed by atoms with Gasteiger partial charge in [0.2, 0.25) is 0 Å². The Morgan fingerprint density at radius 1 is 1.23 bits per heavy atom. The van der Waals surface area contributed by atoms with Gasteiger partial charge >= 0.3 is 0 Å². The van der Waals surface area contributed by atoms with Crippen LogP contribution in [0.5, 0.6) is 0 Å². The lowest BCUT2D eigenvalue weighted by Gasteiger charge is -2.01. The lowest BCUT2D eigenvalue weighted by molar-refractivity contribution is -0.384. The lowest BCUT2D eigenvalue weighted by atomic mass is 10.1. The maximum Gasteiger partial charge on any atom is 0.280 e. The Hall–Kier alpha value is -3.00. The maximum absolute atomic E-state index is 12.8. The predicted molar refractivity (Wildman–Crippen MR) is 104 cm³/mol. The number of aliphatic imine (C=N–C) groups is 1. The average Bonchev–Trinajstić information content (AvgIpc) is 2.89. The Bertz CT molecular complexity index is 1060. The highest BCUT2D eigenvalue weighted by Crippen LogP contribution is 2.20. The van der Waals surface area contributed by atoms with Crippen molar-refractivity contribution in [2.45, 2.75) is 13.8 Å². The summed E-state index contributed by atoms with van der Waals surface area (Å²) in [6, 6.07) is 13.3. The van der Waals surface area contributed by atoms with E-state index in [2.05, 4.69) is 26.0 Å². The van der Waals surface area contributed by atoms with E-state index in [4.69, 9.17) is 0 Å². The summed E-state index contributed by atoms with van der Waals surface area (Å²) >= 11 is 3.40. The van der Waals surface area contributed by atoms with Crippen LogP contribution in [-0.4, -0.2) is 20.4 Å². The van der Waals surface area contributed by atoms with Crippen LogP contribution in [0.1, 0.15) is 18.2 Å². The summed E-state index contributed by atoms with van der Waals surface area (Å²) < 4.78 is 2.26. The third kappa shape index (κ3) is 3.50. The monoisotopic (exact) mass is 414 g/mol. The molecule has 0 saturated carbocycles. The number of aromatic nitrogens is 2. The molecule has 0 spiro atoms. The number of rotatable bonds is 4. The molecule has 0 aliphatic heterocycles. The van der Waals surface area contributed by atoms with E-state index in [0.29, 0.717) is 22.7 Å². The third-order valence-corrected chi connectivity index (χ3v) is 4.35. The van der Waals surface area contributed by atoms with Gasteiger partial charge in [0.1, 0.15) is 0 Å². The second-order valence-electron chi connectivity index (χ2n) is 5.70. The van der Waals surface area contributed by atoms with Gasteiger partial charge in [0, 0.05) is 22.3 Å². The molecule has 0 bridgehead atoms. The maximum atomic E-state index is 12.8. The molecule has 1 heterocycles. The number of nitrogens with one attached hydrogen (secondary N) is 1. The first-order valence-electron chi connectivity index (χ1n) is 7.74. The van der Waals surface area contributed by atoms with E-state index in [-0.39, 0.29) is 11.2 Å². The molecule has 0 fully saturated rings. The van der Waals surface area contributed by atoms with Gasteiger partial charge in [-0.3, -0.25) is 25.0 Å². The van der Waals surface area contributed by atoms with Crippen molar-refractivity contribution in [3.05, 3.63) is 84.7 Å². The van der Waals surface area contributed by atoms with Crippen molar-refractivity contribution in [2.75, 3.05) is 0 Å². The molecule has 2 aromatic carbocycles. The fourth-order valence-corrected chi connectivity index (χ4v) is 3.06. The topological polar surface area (TPSA) is 93.3 Å². The third-order valence-electron chi connectivity index (χ3n) is 3.86. The van der Waals surface area contributed by atoms with Crippen LogP contribution in [0.4, 0.5) is 11.4 Å². The van der Waals surface area contributed by atoms with Crippen molar-refractivity contribution >= 4 is 33.0 Å². The first-order valence-corrected chi connectivity index (χ1v) is 8.54. The molecule has 1 aromatic heterocycles. The Kier molecular flexibility index (Phi) is 4.85. The van der Waals surface area contributed by atoms with E-state index in [1.807, 2.05) is 24.3 Å². The summed E-state index contributed by atoms with van der Waals surface area (Å²) in [4.78, 5) is 27.6. The van der Waals surface area contributed by atoms with Crippen molar-refractivity contribution in [1.29, 1.82) is 0 Å². The summed E-state index contributed by atoms with van der Waals surface area (Å²) in [5.74, 6) is 0. The second-order valence-corrected chi connectivity index (χ2v) is 6.62. The minimum absolute atomic E-state index is 0.0299. The fraction of sp³-hybridized carbons (Fsp3) is 0.111. The highest BCUT2D eigenvalue weighted by atomic mass is 79.9. The minimum Gasteiger partial charge on any atom is -0.295 e. The predicted octanol–water partition coefficient (Wildman–Crippen LogP) is 4.29. The number of aryl methyl sites for hydroxylation is 1. The van der Waals surface area contributed by atoms with Crippen molar-refractivity contribution in [3.63, 3.8) is 0 Å². The largest absolute Gasteiger partial charge is 0.295 e. The van der Waals surface area contributed by atoms with Crippen LogP contribution in [0.15, 0.2) is 62.8 Å². The number of halogens is 1. The summed E-state index contributed by atoms with van der Waals surface area (Å²) in [5.41, 5.74) is 2.70. The summed E-state index contributed by atoms with van der Waals surface area (Å²) in [5, 5.41) is 13.8. The summed E-state index contributed by atoms with van der Waals surface area (Å²) in [7, 11) is 0. The van der Waals surface area contributed by atoms with Crippen LogP contribution in [-0.2, 0) is 0 Å². The molecule has 0 aliphatic carbocycles. The van der Waals surface area contributed by atoms with Crippen LogP contribution in [0.3, 0.4) is 0 Å². The highest BCUT2D eigenvalue weighted by molar-refractivity contribution is 9.10. The van der Waals surface area contributed by atoms with E-state index < -0.39 is 4.92 Å². The molecule has 0 unspecified atom stereocenters. The number of hydrogen-bond acceptors (Lipinski definition) is 4. The van der Waals surface area contributed by atoms with E-state index >= 15 is 0 Å². The van der Waals surface area contributed by atoms with Crippen molar-refractivity contribution in [2.24, 2.45) is 4.99 Å². The van der Waals surface area contributed by atoms with Crippen LogP contribution in [0.25, 0.3) is 5.69 Å². The quantitative estimate of drug-likeness (QED) is 0.392. The van der Waals surface area contributed by atoms with Gasteiger partial charge in [0.15, 0.2) is 0 Å². The average molecular weight is 415 g/mol. The van der Waals surface area contributed by atoms with Gasteiger partial charge in [0.25, 0.3) is 11.2 Å². The van der Waals surface area contributed by atoms with Gasteiger partial charge in [-0.1, -0.05) is 22.0 Å². The van der Waals surface area contributed by atoms with Crippen LogP contribution in [0.2, 0.25) is 0 Å². The fourth-order valence-electron chi connectivity index (χ4n) is 2.67. The molecule has 0 atom stereocenters. The molecule has 3 aromatic rings. The van der Waals surface area contributed by atoms with E-state index in [1.165, 1.54) is 28.9 Å². The smallest absolute Gasteiger partial charge is 0.280 e. The molecule has 8 heteroatoms. The van der Waals surface area contributed by atoms with Gasteiger partial charge in [-0.05, 0) is 44.2 Å².